The molecular formula is C16H15ClO2. The summed E-state index contributed by atoms with van der Waals surface area (Å²) in [4.78, 5) is 12.1. The molecule has 0 amide bonds. The second kappa shape index (κ2) is 6.50. The molecule has 0 radical (unpaired) electrons. The summed E-state index contributed by atoms with van der Waals surface area (Å²) in [5, 5.41) is 0.480. The van der Waals surface area contributed by atoms with Crippen LogP contribution in [0.4, 0.5) is 0 Å². The molecule has 0 aliphatic rings. The van der Waals surface area contributed by atoms with Crippen LogP contribution in [0.3, 0.4) is 0 Å². The quantitative estimate of drug-likeness (QED) is 0.769. The average molecular weight is 275 g/mol. The smallest absolute Gasteiger partial charge is 0.190 e. The number of carbonyl (C=O) groups is 1. The minimum absolute atomic E-state index is 0.0411. The van der Waals surface area contributed by atoms with E-state index in [1.165, 1.54) is 0 Å². The van der Waals surface area contributed by atoms with Crippen molar-refractivity contribution in [2.45, 2.75) is 13.5 Å². The first kappa shape index (κ1) is 13.8. The molecule has 0 aliphatic carbocycles. The molecule has 0 aliphatic heterocycles. The van der Waals surface area contributed by atoms with E-state index in [4.69, 9.17) is 16.3 Å². The van der Waals surface area contributed by atoms with E-state index in [-0.39, 0.29) is 12.4 Å². The van der Waals surface area contributed by atoms with Crippen molar-refractivity contribution in [2.24, 2.45) is 0 Å². The van der Waals surface area contributed by atoms with Gasteiger partial charge in [0.15, 0.2) is 5.78 Å². The van der Waals surface area contributed by atoms with Gasteiger partial charge in [-0.15, -0.1) is 0 Å². The third kappa shape index (κ3) is 3.66. The molecule has 2 nitrogen and oxygen atoms in total. The summed E-state index contributed by atoms with van der Waals surface area (Å²) in [7, 11) is 0. The molecular weight excluding hydrogens is 260 g/mol. The van der Waals surface area contributed by atoms with E-state index in [0.717, 1.165) is 11.1 Å². The van der Waals surface area contributed by atoms with Crippen molar-refractivity contribution < 1.29 is 9.53 Å². The van der Waals surface area contributed by atoms with E-state index in [9.17, 15) is 4.79 Å². The van der Waals surface area contributed by atoms with Gasteiger partial charge < -0.3 is 4.74 Å². The highest BCUT2D eigenvalue weighted by atomic mass is 35.5. The van der Waals surface area contributed by atoms with Gasteiger partial charge >= 0.3 is 0 Å². The predicted molar refractivity (Wildman–Crippen MR) is 76.6 cm³/mol. The minimum atomic E-state index is -0.0842. The number of carbonyl (C=O) groups excluding carboxylic acids is 1. The zero-order valence-electron chi connectivity index (χ0n) is 10.7. The van der Waals surface area contributed by atoms with Crippen LogP contribution in [0.25, 0.3) is 0 Å². The Morgan fingerprint density at radius 1 is 1.11 bits per heavy atom. The maximum absolute atomic E-state index is 12.1. The lowest BCUT2D eigenvalue weighted by molar-refractivity contribution is 0.0726. The average Bonchev–Trinajstić information content (AvgIpc) is 2.40. The molecule has 0 saturated heterocycles. The maximum Gasteiger partial charge on any atom is 0.190 e. The molecule has 0 aromatic heterocycles. The van der Waals surface area contributed by atoms with Gasteiger partial charge in [0.1, 0.15) is 6.61 Å². The van der Waals surface area contributed by atoms with Crippen LogP contribution in [-0.4, -0.2) is 12.4 Å². The lowest BCUT2D eigenvalue weighted by atomic mass is 10.1. The number of benzene rings is 2. The number of ether oxygens (including phenoxy) is 1. The van der Waals surface area contributed by atoms with E-state index in [1.807, 2.05) is 49.4 Å². The summed E-state index contributed by atoms with van der Waals surface area (Å²) >= 11 is 6.04. The highest BCUT2D eigenvalue weighted by molar-refractivity contribution is 6.34. The standard InChI is InChI=1S/C16H15ClO2/c1-12-6-5-9-14(17)16(12)15(18)11-19-10-13-7-3-2-4-8-13/h2-9H,10-11H2,1H3. The number of ketones is 1. The molecule has 3 heteroatoms. The van der Waals surface area contributed by atoms with E-state index in [2.05, 4.69) is 0 Å². The second-order valence-electron chi connectivity index (χ2n) is 4.33. The van der Waals surface area contributed by atoms with Gasteiger partial charge in [0.25, 0.3) is 0 Å². The molecule has 0 heterocycles. The fourth-order valence-corrected chi connectivity index (χ4v) is 2.22. The molecule has 0 saturated carbocycles. The van der Waals surface area contributed by atoms with Crippen molar-refractivity contribution in [3.63, 3.8) is 0 Å². The van der Waals surface area contributed by atoms with Crippen LogP contribution in [0.1, 0.15) is 21.5 Å². The summed E-state index contributed by atoms with van der Waals surface area (Å²) in [5.74, 6) is -0.0842. The molecule has 2 aromatic rings. The highest BCUT2D eigenvalue weighted by Gasteiger charge is 2.13. The third-order valence-electron chi connectivity index (χ3n) is 2.85. The molecule has 0 fully saturated rings. The van der Waals surface area contributed by atoms with Crippen LogP contribution < -0.4 is 0 Å². The zero-order valence-corrected chi connectivity index (χ0v) is 11.5. The first-order chi connectivity index (χ1) is 9.18. The first-order valence-electron chi connectivity index (χ1n) is 6.08. The monoisotopic (exact) mass is 274 g/mol. The van der Waals surface area contributed by atoms with Crippen molar-refractivity contribution in [3.05, 3.63) is 70.2 Å². The maximum atomic E-state index is 12.1. The Bertz CT molecular complexity index is 544. The van der Waals surface area contributed by atoms with E-state index >= 15 is 0 Å². The first-order valence-corrected chi connectivity index (χ1v) is 6.46. The Hall–Kier alpha value is -1.64. The van der Waals surface area contributed by atoms with Gasteiger partial charge in [0, 0.05) is 5.56 Å². The lowest BCUT2D eigenvalue weighted by Gasteiger charge is -2.08. The third-order valence-corrected chi connectivity index (χ3v) is 3.16. The van der Waals surface area contributed by atoms with Gasteiger partial charge in [-0.1, -0.05) is 54.1 Å². The molecule has 2 aromatic carbocycles. The van der Waals surface area contributed by atoms with Crippen LogP contribution in [0.2, 0.25) is 5.02 Å². The number of Topliss-reactive ketones (excluding diaryl/α,β-unsaturated/α-hetero) is 1. The molecule has 0 spiro atoms. The molecule has 0 unspecified atom stereocenters. The zero-order chi connectivity index (χ0) is 13.7. The number of halogens is 1. The van der Waals surface area contributed by atoms with Gasteiger partial charge in [-0.2, -0.15) is 0 Å². The fraction of sp³-hybridized carbons (Fsp3) is 0.188. The van der Waals surface area contributed by atoms with E-state index < -0.39 is 0 Å². The summed E-state index contributed by atoms with van der Waals surface area (Å²) < 4.78 is 5.44. The molecule has 0 bridgehead atoms. The Labute approximate surface area is 118 Å². The predicted octanol–water partition coefficient (Wildman–Crippen LogP) is 4.05. The fourth-order valence-electron chi connectivity index (χ4n) is 1.89. The second-order valence-corrected chi connectivity index (χ2v) is 4.74. The van der Waals surface area contributed by atoms with Crippen molar-refractivity contribution in [1.82, 2.24) is 0 Å². The molecule has 2 rings (SSSR count). The Balaban J connectivity index is 1.95. The summed E-state index contributed by atoms with van der Waals surface area (Å²) in [6.45, 7) is 2.34. The van der Waals surface area contributed by atoms with Crippen LogP contribution >= 0.6 is 11.6 Å². The Morgan fingerprint density at radius 3 is 2.53 bits per heavy atom. The number of aryl methyl sites for hydroxylation is 1. The molecule has 0 atom stereocenters. The van der Waals surface area contributed by atoms with E-state index in [0.29, 0.717) is 17.2 Å². The van der Waals surface area contributed by atoms with Gasteiger partial charge in [-0.05, 0) is 24.1 Å². The van der Waals surface area contributed by atoms with Gasteiger partial charge in [0.05, 0.1) is 11.6 Å². The largest absolute Gasteiger partial charge is 0.369 e. The normalized spacial score (nSPS) is 10.4. The molecule has 0 N–H and O–H groups in total. The molecule has 98 valence electrons. The summed E-state index contributed by atoms with van der Waals surface area (Å²) in [6.07, 6.45) is 0. The van der Waals surface area contributed by atoms with Crippen LogP contribution in [0.5, 0.6) is 0 Å². The highest BCUT2D eigenvalue weighted by Crippen LogP contribution is 2.20. The number of rotatable bonds is 5. The molecule has 19 heavy (non-hydrogen) atoms. The van der Waals surface area contributed by atoms with Gasteiger partial charge in [-0.3, -0.25) is 4.79 Å². The topological polar surface area (TPSA) is 26.3 Å². The van der Waals surface area contributed by atoms with Crippen molar-refractivity contribution in [1.29, 1.82) is 0 Å². The number of hydrogen-bond acceptors (Lipinski definition) is 2. The van der Waals surface area contributed by atoms with E-state index in [1.54, 1.807) is 6.07 Å². The van der Waals surface area contributed by atoms with Crippen LogP contribution in [0, 0.1) is 6.92 Å². The summed E-state index contributed by atoms with van der Waals surface area (Å²) in [6, 6.07) is 15.2. The lowest BCUT2D eigenvalue weighted by Crippen LogP contribution is -2.11. The van der Waals surface area contributed by atoms with Crippen molar-refractivity contribution in [3.8, 4) is 0 Å². The SMILES string of the molecule is Cc1cccc(Cl)c1C(=O)COCc1ccccc1. The van der Waals surface area contributed by atoms with Crippen LogP contribution in [0.15, 0.2) is 48.5 Å². The van der Waals surface area contributed by atoms with Crippen molar-refractivity contribution >= 4 is 17.4 Å². The number of hydrogen-bond donors (Lipinski definition) is 0. The minimum Gasteiger partial charge on any atom is -0.369 e. The van der Waals surface area contributed by atoms with Gasteiger partial charge in [-0.25, -0.2) is 0 Å². The Morgan fingerprint density at radius 2 is 1.84 bits per heavy atom. The Kier molecular flexibility index (Phi) is 4.72. The van der Waals surface area contributed by atoms with Crippen LogP contribution in [-0.2, 0) is 11.3 Å². The summed E-state index contributed by atoms with van der Waals surface area (Å²) in [5.41, 5.74) is 2.48. The van der Waals surface area contributed by atoms with Crippen molar-refractivity contribution in [2.75, 3.05) is 6.61 Å². The van der Waals surface area contributed by atoms with Gasteiger partial charge in [0.2, 0.25) is 0 Å².